The number of carbonyl (C=O) groups is 1. The van der Waals surface area contributed by atoms with Gasteiger partial charge in [0, 0.05) is 17.8 Å². The second-order valence-corrected chi connectivity index (χ2v) is 4.86. The molecule has 0 fully saturated rings. The van der Waals surface area contributed by atoms with Gasteiger partial charge in [0.05, 0.1) is 17.1 Å². The molecule has 1 aliphatic heterocycles. The minimum absolute atomic E-state index is 0.0199. The smallest absolute Gasteiger partial charge is 0.228 e. The van der Waals surface area contributed by atoms with Crippen LogP contribution in [-0.2, 0) is 11.2 Å². The zero-order chi connectivity index (χ0) is 14.3. The molecule has 3 N–H and O–H groups in total. The topological polar surface area (TPSA) is 64.3 Å². The van der Waals surface area contributed by atoms with Gasteiger partial charge in [0.15, 0.2) is 5.75 Å². The van der Waals surface area contributed by atoms with Crippen LogP contribution in [0.2, 0.25) is 5.02 Å². The number of nitrogens with two attached hydrogens (primary N) is 1. The Bertz CT molecular complexity index is 719. The average molecular weight is 293 g/mol. The lowest BCUT2D eigenvalue weighted by Crippen LogP contribution is -2.03. The number of ether oxygens (including phenoxy) is 1. The number of hydrogen-bond acceptors (Lipinski definition) is 3. The molecule has 0 atom stereocenters. The second kappa shape index (κ2) is 4.68. The summed E-state index contributed by atoms with van der Waals surface area (Å²) < 4.78 is 18.9. The molecule has 0 aliphatic carbocycles. The second-order valence-electron chi connectivity index (χ2n) is 4.45. The zero-order valence-corrected chi connectivity index (χ0v) is 11.0. The predicted molar refractivity (Wildman–Crippen MR) is 74.7 cm³/mol. The molecule has 0 saturated heterocycles. The summed E-state index contributed by atoms with van der Waals surface area (Å²) in [6, 6.07) is 7.42. The lowest BCUT2D eigenvalue weighted by molar-refractivity contribution is -0.115. The van der Waals surface area contributed by atoms with Crippen LogP contribution in [0.4, 0.5) is 15.8 Å². The highest BCUT2D eigenvalue weighted by Crippen LogP contribution is 2.36. The molecule has 20 heavy (non-hydrogen) atoms. The number of amides is 1. The van der Waals surface area contributed by atoms with Gasteiger partial charge in [0.1, 0.15) is 11.6 Å². The molecule has 0 saturated carbocycles. The van der Waals surface area contributed by atoms with Crippen LogP contribution >= 0.6 is 11.6 Å². The van der Waals surface area contributed by atoms with Crippen LogP contribution in [-0.4, -0.2) is 5.91 Å². The summed E-state index contributed by atoms with van der Waals surface area (Å²) in [6.07, 6.45) is 0.301. The molecule has 1 amide bonds. The molecular formula is C14H10ClFN2O2. The quantitative estimate of drug-likeness (QED) is 0.834. The maximum absolute atomic E-state index is 13.4. The lowest BCUT2D eigenvalue weighted by atomic mass is 10.1. The molecule has 3 rings (SSSR count). The van der Waals surface area contributed by atoms with Crippen molar-refractivity contribution in [3.05, 3.63) is 46.7 Å². The van der Waals surface area contributed by atoms with Crippen LogP contribution in [0.3, 0.4) is 0 Å². The molecule has 102 valence electrons. The fraction of sp³-hybridized carbons (Fsp3) is 0.0714. The molecule has 4 nitrogen and oxygen atoms in total. The molecule has 0 spiro atoms. The Balaban J connectivity index is 1.93. The largest absolute Gasteiger partial charge is 0.455 e. The molecular weight excluding hydrogens is 283 g/mol. The Morgan fingerprint density at radius 3 is 2.85 bits per heavy atom. The number of nitrogen functional groups attached to an aromatic ring is 1. The first-order valence-electron chi connectivity index (χ1n) is 5.88. The van der Waals surface area contributed by atoms with Gasteiger partial charge in [0.2, 0.25) is 5.91 Å². The van der Waals surface area contributed by atoms with Gasteiger partial charge in [0.25, 0.3) is 0 Å². The van der Waals surface area contributed by atoms with Crippen LogP contribution in [0.15, 0.2) is 30.3 Å². The monoisotopic (exact) mass is 292 g/mol. The standard InChI is InChI=1S/C14H10ClFN2O2/c15-9-2-1-8(5-10(9)16)20-13-6-12-7(3-11(13)17)4-14(19)18-12/h1-3,5-6H,4,17H2,(H,18,19). The Hall–Kier alpha value is -2.27. The number of fused-ring (bicyclic) bond motifs is 1. The number of hydrogen-bond donors (Lipinski definition) is 2. The van der Waals surface area contributed by atoms with Gasteiger partial charge < -0.3 is 15.8 Å². The van der Waals surface area contributed by atoms with Crippen molar-refractivity contribution in [2.24, 2.45) is 0 Å². The Morgan fingerprint density at radius 2 is 2.10 bits per heavy atom. The normalized spacial score (nSPS) is 13.0. The van der Waals surface area contributed by atoms with Gasteiger partial charge in [-0.05, 0) is 23.8 Å². The van der Waals surface area contributed by atoms with E-state index in [4.69, 9.17) is 22.1 Å². The number of anilines is 2. The first kappa shape index (κ1) is 12.7. The Morgan fingerprint density at radius 1 is 1.30 bits per heavy atom. The molecule has 0 radical (unpaired) electrons. The number of carbonyl (C=O) groups excluding carboxylic acids is 1. The van der Waals surface area contributed by atoms with Crippen LogP contribution in [0, 0.1) is 5.82 Å². The van der Waals surface area contributed by atoms with Crippen molar-refractivity contribution in [3.63, 3.8) is 0 Å². The molecule has 0 bridgehead atoms. The van der Waals surface area contributed by atoms with E-state index in [1.165, 1.54) is 18.2 Å². The summed E-state index contributed by atoms with van der Waals surface area (Å²) in [4.78, 5) is 11.3. The van der Waals surface area contributed by atoms with E-state index >= 15 is 0 Å². The van der Waals surface area contributed by atoms with Gasteiger partial charge in [-0.25, -0.2) is 4.39 Å². The Labute approximate surface area is 119 Å². The third-order valence-corrected chi connectivity index (χ3v) is 3.29. The van der Waals surface area contributed by atoms with E-state index in [1.807, 2.05) is 0 Å². The molecule has 2 aromatic carbocycles. The number of benzene rings is 2. The third kappa shape index (κ3) is 2.28. The molecule has 1 aliphatic rings. The minimum atomic E-state index is -0.572. The van der Waals surface area contributed by atoms with Crippen molar-refractivity contribution in [3.8, 4) is 11.5 Å². The fourth-order valence-electron chi connectivity index (χ4n) is 2.03. The highest BCUT2D eigenvalue weighted by Gasteiger charge is 2.20. The van der Waals surface area contributed by atoms with Crippen molar-refractivity contribution >= 4 is 28.9 Å². The van der Waals surface area contributed by atoms with Crippen molar-refractivity contribution in [2.75, 3.05) is 11.1 Å². The molecule has 1 heterocycles. The molecule has 2 aromatic rings. The summed E-state index contributed by atoms with van der Waals surface area (Å²) in [5.41, 5.74) is 7.74. The van der Waals surface area contributed by atoms with E-state index in [0.717, 1.165) is 5.56 Å². The number of nitrogens with one attached hydrogen (secondary N) is 1. The summed E-state index contributed by atoms with van der Waals surface area (Å²) in [6.45, 7) is 0. The third-order valence-electron chi connectivity index (χ3n) is 2.98. The van der Waals surface area contributed by atoms with Crippen molar-refractivity contribution < 1.29 is 13.9 Å². The first-order chi connectivity index (χ1) is 9.52. The van der Waals surface area contributed by atoms with Crippen molar-refractivity contribution in [1.82, 2.24) is 0 Å². The minimum Gasteiger partial charge on any atom is -0.455 e. The van der Waals surface area contributed by atoms with Crippen molar-refractivity contribution in [1.29, 1.82) is 0 Å². The van der Waals surface area contributed by atoms with Gasteiger partial charge in [-0.2, -0.15) is 0 Å². The van der Waals surface area contributed by atoms with Crippen LogP contribution < -0.4 is 15.8 Å². The van der Waals surface area contributed by atoms with Crippen molar-refractivity contribution in [2.45, 2.75) is 6.42 Å². The molecule has 0 aromatic heterocycles. The van der Waals surface area contributed by atoms with Crippen LogP contribution in [0.25, 0.3) is 0 Å². The number of halogens is 2. The Kier molecular flexibility index (Phi) is 2.99. The van der Waals surface area contributed by atoms with E-state index in [1.54, 1.807) is 12.1 Å². The lowest BCUT2D eigenvalue weighted by Gasteiger charge is -2.11. The fourth-order valence-corrected chi connectivity index (χ4v) is 2.15. The summed E-state index contributed by atoms with van der Waals surface area (Å²) >= 11 is 5.60. The van der Waals surface area contributed by atoms with Gasteiger partial charge in [-0.15, -0.1) is 0 Å². The van der Waals surface area contributed by atoms with Crippen LogP contribution in [0.1, 0.15) is 5.56 Å². The maximum atomic E-state index is 13.4. The van der Waals surface area contributed by atoms with Gasteiger partial charge in [-0.1, -0.05) is 11.6 Å². The predicted octanol–water partition coefficient (Wildman–Crippen LogP) is 3.35. The van der Waals surface area contributed by atoms with Gasteiger partial charge in [-0.3, -0.25) is 4.79 Å². The van der Waals surface area contributed by atoms with Gasteiger partial charge >= 0.3 is 0 Å². The summed E-state index contributed by atoms with van der Waals surface area (Å²) in [5, 5.41) is 2.72. The highest BCUT2D eigenvalue weighted by atomic mass is 35.5. The molecule has 0 unspecified atom stereocenters. The van der Waals surface area contributed by atoms with E-state index in [9.17, 15) is 9.18 Å². The van der Waals surface area contributed by atoms with Crippen LogP contribution in [0.5, 0.6) is 11.5 Å². The van der Waals surface area contributed by atoms with E-state index in [2.05, 4.69) is 5.32 Å². The first-order valence-corrected chi connectivity index (χ1v) is 6.26. The zero-order valence-electron chi connectivity index (χ0n) is 10.2. The SMILES string of the molecule is Nc1cc2c(cc1Oc1ccc(Cl)c(F)c1)NC(=O)C2. The summed E-state index contributed by atoms with van der Waals surface area (Å²) in [7, 11) is 0. The van der Waals surface area contributed by atoms with E-state index in [-0.39, 0.29) is 16.7 Å². The number of rotatable bonds is 2. The molecule has 6 heteroatoms. The highest BCUT2D eigenvalue weighted by molar-refractivity contribution is 6.30. The van der Waals surface area contributed by atoms with E-state index in [0.29, 0.717) is 23.5 Å². The summed E-state index contributed by atoms with van der Waals surface area (Å²) in [5.74, 6) is -0.0261. The average Bonchev–Trinajstić information content (AvgIpc) is 2.73. The maximum Gasteiger partial charge on any atom is 0.228 e. The van der Waals surface area contributed by atoms with E-state index < -0.39 is 5.82 Å².